The van der Waals surface area contributed by atoms with E-state index in [1.807, 2.05) is 32.2 Å². The summed E-state index contributed by atoms with van der Waals surface area (Å²) in [4.78, 5) is 2.14. The lowest BCUT2D eigenvalue weighted by Gasteiger charge is -2.16. The highest BCUT2D eigenvalue weighted by Gasteiger charge is 2.02. The number of para-hydroxylation sites is 1. The van der Waals surface area contributed by atoms with E-state index < -0.39 is 0 Å². The van der Waals surface area contributed by atoms with Crippen LogP contribution in [-0.2, 0) is 4.74 Å². The minimum Gasteiger partial charge on any atom is -0.491 e. The molecule has 0 spiro atoms. The summed E-state index contributed by atoms with van der Waals surface area (Å²) < 4.78 is 10.9. The van der Waals surface area contributed by atoms with Gasteiger partial charge < -0.3 is 14.4 Å². The topological polar surface area (TPSA) is 45.5 Å². The molecule has 0 aliphatic heterocycles. The van der Waals surface area contributed by atoms with Gasteiger partial charge in [-0.1, -0.05) is 12.1 Å². The SMILES string of the molecule is CCOCCN(C)CCOc1ccccc1C#N. The summed E-state index contributed by atoms with van der Waals surface area (Å²) in [5.41, 5.74) is 0.578. The first-order chi connectivity index (χ1) is 8.77. The Balaban J connectivity index is 2.27. The van der Waals surface area contributed by atoms with Gasteiger partial charge in [0.2, 0.25) is 0 Å². The Kier molecular flexibility index (Phi) is 6.85. The Morgan fingerprint density at radius 1 is 1.22 bits per heavy atom. The maximum Gasteiger partial charge on any atom is 0.137 e. The molecule has 0 N–H and O–H groups in total. The van der Waals surface area contributed by atoms with Crippen LogP contribution in [0.5, 0.6) is 5.75 Å². The number of benzene rings is 1. The first kappa shape index (κ1) is 14.5. The first-order valence-electron chi connectivity index (χ1n) is 6.16. The average molecular weight is 248 g/mol. The van der Waals surface area contributed by atoms with Crippen LogP contribution in [0.3, 0.4) is 0 Å². The smallest absolute Gasteiger partial charge is 0.137 e. The second-order valence-electron chi connectivity index (χ2n) is 3.96. The summed E-state index contributed by atoms with van der Waals surface area (Å²) in [6, 6.07) is 9.40. The van der Waals surface area contributed by atoms with Gasteiger partial charge in [-0.2, -0.15) is 5.26 Å². The standard InChI is InChI=1S/C14H20N2O2/c1-3-17-10-8-16(2)9-11-18-14-7-5-4-6-13(14)12-15/h4-7H,3,8-11H2,1-2H3. The van der Waals surface area contributed by atoms with E-state index in [-0.39, 0.29) is 0 Å². The molecule has 0 aromatic heterocycles. The van der Waals surface area contributed by atoms with Crippen molar-refractivity contribution in [3.63, 3.8) is 0 Å². The molecule has 4 nitrogen and oxygen atoms in total. The monoisotopic (exact) mass is 248 g/mol. The molecule has 0 saturated carbocycles. The highest BCUT2D eigenvalue weighted by molar-refractivity contribution is 5.42. The molecule has 4 heteroatoms. The predicted molar refractivity (Wildman–Crippen MR) is 70.6 cm³/mol. The largest absolute Gasteiger partial charge is 0.491 e. The summed E-state index contributed by atoms with van der Waals surface area (Å²) in [6.45, 7) is 5.74. The highest BCUT2D eigenvalue weighted by Crippen LogP contribution is 2.16. The van der Waals surface area contributed by atoms with Crippen molar-refractivity contribution in [3.8, 4) is 11.8 Å². The highest BCUT2D eigenvalue weighted by atomic mass is 16.5. The van der Waals surface area contributed by atoms with Crippen LogP contribution >= 0.6 is 0 Å². The second kappa shape index (κ2) is 8.51. The van der Waals surface area contributed by atoms with Gasteiger partial charge in [-0.25, -0.2) is 0 Å². The minimum atomic E-state index is 0.571. The Morgan fingerprint density at radius 2 is 1.94 bits per heavy atom. The van der Waals surface area contributed by atoms with Gasteiger partial charge in [-0.15, -0.1) is 0 Å². The van der Waals surface area contributed by atoms with Crippen molar-refractivity contribution in [3.05, 3.63) is 29.8 Å². The molecule has 0 fully saturated rings. The van der Waals surface area contributed by atoms with Gasteiger partial charge in [-0.05, 0) is 26.1 Å². The van der Waals surface area contributed by atoms with Crippen LogP contribution < -0.4 is 4.74 Å². The summed E-state index contributed by atoms with van der Waals surface area (Å²) in [5, 5.41) is 8.91. The Labute approximate surface area is 109 Å². The lowest BCUT2D eigenvalue weighted by Crippen LogP contribution is -2.28. The Morgan fingerprint density at radius 3 is 2.67 bits per heavy atom. The lowest BCUT2D eigenvalue weighted by molar-refractivity contribution is 0.116. The van der Waals surface area contributed by atoms with Crippen molar-refractivity contribution in [2.45, 2.75) is 6.92 Å². The number of hydrogen-bond acceptors (Lipinski definition) is 4. The Hall–Kier alpha value is -1.57. The number of ether oxygens (including phenoxy) is 2. The van der Waals surface area contributed by atoms with E-state index in [0.29, 0.717) is 17.9 Å². The van der Waals surface area contributed by atoms with Crippen LogP contribution in [0.2, 0.25) is 0 Å². The van der Waals surface area contributed by atoms with Crippen molar-refractivity contribution in [1.29, 1.82) is 5.26 Å². The molecule has 0 radical (unpaired) electrons. The van der Waals surface area contributed by atoms with Gasteiger partial charge in [0.25, 0.3) is 0 Å². The zero-order valence-electron chi connectivity index (χ0n) is 11.1. The maximum absolute atomic E-state index is 8.91. The van der Waals surface area contributed by atoms with Gasteiger partial charge >= 0.3 is 0 Å². The zero-order valence-corrected chi connectivity index (χ0v) is 11.1. The lowest BCUT2D eigenvalue weighted by atomic mass is 10.2. The van der Waals surface area contributed by atoms with E-state index in [4.69, 9.17) is 14.7 Å². The maximum atomic E-state index is 8.91. The Bertz CT molecular complexity index is 388. The first-order valence-corrected chi connectivity index (χ1v) is 6.16. The van der Waals surface area contributed by atoms with Crippen LogP contribution in [-0.4, -0.2) is 44.9 Å². The fraction of sp³-hybridized carbons (Fsp3) is 0.500. The third-order valence-electron chi connectivity index (χ3n) is 2.56. The van der Waals surface area contributed by atoms with E-state index in [2.05, 4.69) is 11.0 Å². The molecule has 0 atom stereocenters. The van der Waals surface area contributed by atoms with Crippen molar-refractivity contribution in [2.24, 2.45) is 0 Å². The van der Waals surface area contributed by atoms with Crippen LogP contribution in [0.4, 0.5) is 0 Å². The number of likely N-dealkylation sites (N-methyl/N-ethyl adjacent to an activating group) is 1. The predicted octanol–water partition coefficient (Wildman–Crippen LogP) is 1.91. The summed E-state index contributed by atoms with van der Waals surface area (Å²) in [7, 11) is 2.03. The van der Waals surface area contributed by atoms with Gasteiger partial charge in [0.15, 0.2) is 0 Å². The number of nitrogens with zero attached hydrogens (tertiary/aromatic N) is 2. The number of nitriles is 1. The van der Waals surface area contributed by atoms with E-state index in [0.717, 1.165) is 26.3 Å². The van der Waals surface area contributed by atoms with Gasteiger partial charge in [-0.3, -0.25) is 0 Å². The number of rotatable bonds is 8. The van der Waals surface area contributed by atoms with E-state index in [1.165, 1.54) is 0 Å². The molecule has 98 valence electrons. The molecule has 0 unspecified atom stereocenters. The third kappa shape index (κ3) is 5.17. The minimum absolute atomic E-state index is 0.571. The number of hydrogen-bond donors (Lipinski definition) is 0. The van der Waals surface area contributed by atoms with Gasteiger partial charge in [0.05, 0.1) is 12.2 Å². The average Bonchev–Trinajstić information content (AvgIpc) is 2.39. The van der Waals surface area contributed by atoms with Crippen molar-refractivity contribution in [2.75, 3.05) is 40.0 Å². The molecule has 0 saturated heterocycles. The van der Waals surface area contributed by atoms with Crippen LogP contribution in [0.15, 0.2) is 24.3 Å². The molecule has 1 aromatic rings. The van der Waals surface area contributed by atoms with Crippen molar-refractivity contribution < 1.29 is 9.47 Å². The van der Waals surface area contributed by atoms with Gasteiger partial charge in [0.1, 0.15) is 18.4 Å². The molecule has 0 heterocycles. The molecule has 0 aliphatic carbocycles. The fourth-order valence-electron chi connectivity index (χ4n) is 1.47. The fourth-order valence-corrected chi connectivity index (χ4v) is 1.47. The molecule has 18 heavy (non-hydrogen) atoms. The van der Waals surface area contributed by atoms with Crippen LogP contribution in [0.25, 0.3) is 0 Å². The van der Waals surface area contributed by atoms with E-state index in [1.54, 1.807) is 6.07 Å². The third-order valence-corrected chi connectivity index (χ3v) is 2.56. The van der Waals surface area contributed by atoms with Crippen LogP contribution in [0.1, 0.15) is 12.5 Å². The molecular weight excluding hydrogens is 228 g/mol. The molecule has 0 bridgehead atoms. The van der Waals surface area contributed by atoms with Crippen molar-refractivity contribution >= 4 is 0 Å². The molecule has 0 amide bonds. The van der Waals surface area contributed by atoms with E-state index in [9.17, 15) is 0 Å². The quantitative estimate of drug-likeness (QED) is 0.659. The second-order valence-corrected chi connectivity index (χ2v) is 3.96. The zero-order chi connectivity index (χ0) is 13.2. The summed E-state index contributed by atoms with van der Waals surface area (Å²) in [5.74, 6) is 0.651. The molecule has 1 rings (SSSR count). The molecule has 0 aliphatic rings. The van der Waals surface area contributed by atoms with Gasteiger partial charge in [0, 0.05) is 19.7 Å². The van der Waals surface area contributed by atoms with E-state index >= 15 is 0 Å². The summed E-state index contributed by atoms with van der Waals surface area (Å²) >= 11 is 0. The normalized spacial score (nSPS) is 10.3. The summed E-state index contributed by atoms with van der Waals surface area (Å²) in [6.07, 6.45) is 0. The molecular formula is C14H20N2O2. The van der Waals surface area contributed by atoms with Crippen molar-refractivity contribution in [1.82, 2.24) is 4.90 Å². The van der Waals surface area contributed by atoms with Crippen LogP contribution in [0, 0.1) is 11.3 Å². The molecule has 1 aromatic carbocycles.